The number of hydrogen-bond donors (Lipinski definition) is 0. The third-order valence-corrected chi connectivity index (χ3v) is 6.29. The molecule has 5 aromatic rings. The molecule has 0 aliphatic carbocycles. The fraction of sp³-hybridized carbons (Fsp3) is 0.194. The first kappa shape index (κ1) is 25.4. The summed E-state index contributed by atoms with van der Waals surface area (Å²) >= 11 is 0. The van der Waals surface area contributed by atoms with Crippen LogP contribution in [0.2, 0.25) is 0 Å². The number of ether oxygens (including phenoxy) is 2. The molecule has 0 atom stereocenters. The Kier molecular flexibility index (Phi) is 6.39. The Morgan fingerprint density at radius 2 is 1.47 bits per heavy atom. The van der Waals surface area contributed by atoms with Crippen LogP contribution in [0.25, 0.3) is 21.7 Å². The monoisotopic (exact) mass is 518 g/mol. The van der Waals surface area contributed by atoms with Crippen LogP contribution in [0.15, 0.2) is 94.1 Å². The summed E-state index contributed by atoms with van der Waals surface area (Å²) in [6.07, 6.45) is -4.95. The zero-order valence-electron chi connectivity index (χ0n) is 21.1. The van der Waals surface area contributed by atoms with Crippen molar-refractivity contribution in [3.8, 4) is 17.2 Å². The van der Waals surface area contributed by atoms with Crippen LogP contribution < -0.4 is 14.9 Å². The minimum Gasteiger partial charge on any atom is -0.489 e. The zero-order valence-corrected chi connectivity index (χ0v) is 21.1. The van der Waals surface area contributed by atoms with E-state index < -0.39 is 23.1 Å². The summed E-state index contributed by atoms with van der Waals surface area (Å²) < 4.78 is 58.4. The highest BCUT2D eigenvalue weighted by Gasteiger charge is 2.40. The van der Waals surface area contributed by atoms with E-state index in [0.717, 1.165) is 21.9 Å². The van der Waals surface area contributed by atoms with Crippen LogP contribution in [0.5, 0.6) is 17.2 Å². The van der Waals surface area contributed by atoms with Crippen molar-refractivity contribution < 1.29 is 27.1 Å². The summed E-state index contributed by atoms with van der Waals surface area (Å²) in [5.74, 6) is -2.03. The van der Waals surface area contributed by atoms with Crippen molar-refractivity contribution in [3.63, 3.8) is 0 Å². The Bertz CT molecular complexity index is 1670. The molecule has 1 aromatic heterocycles. The normalized spacial score (nSPS) is 12.2. The van der Waals surface area contributed by atoms with E-state index in [-0.39, 0.29) is 34.5 Å². The quantitative estimate of drug-likeness (QED) is 0.234. The van der Waals surface area contributed by atoms with Gasteiger partial charge in [0.1, 0.15) is 23.7 Å². The van der Waals surface area contributed by atoms with E-state index in [1.165, 1.54) is 30.3 Å². The Morgan fingerprint density at radius 3 is 2.18 bits per heavy atom. The molecule has 0 N–H and O–H groups in total. The Labute approximate surface area is 217 Å². The van der Waals surface area contributed by atoms with Gasteiger partial charge in [-0.15, -0.1) is 0 Å². The Balaban J connectivity index is 1.48. The van der Waals surface area contributed by atoms with Crippen molar-refractivity contribution in [2.75, 3.05) is 0 Å². The molecule has 0 amide bonds. The maximum atomic E-state index is 14.0. The lowest BCUT2D eigenvalue weighted by Crippen LogP contribution is -2.15. The van der Waals surface area contributed by atoms with Gasteiger partial charge in [-0.1, -0.05) is 75.4 Å². The maximum Gasteiger partial charge on any atom is 0.453 e. The number of halogens is 3. The third-order valence-electron chi connectivity index (χ3n) is 6.29. The molecule has 0 saturated heterocycles. The zero-order chi connectivity index (χ0) is 27.1. The van der Waals surface area contributed by atoms with Crippen LogP contribution in [0.3, 0.4) is 0 Å². The van der Waals surface area contributed by atoms with E-state index in [9.17, 15) is 18.0 Å². The van der Waals surface area contributed by atoms with Crippen molar-refractivity contribution in [2.45, 2.75) is 39.0 Å². The molecule has 0 bridgehead atoms. The van der Waals surface area contributed by atoms with Gasteiger partial charge in [0.15, 0.2) is 0 Å². The Morgan fingerprint density at radius 1 is 0.789 bits per heavy atom. The second kappa shape index (κ2) is 9.56. The van der Waals surface area contributed by atoms with Crippen molar-refractivity contribution in [3.05, 3.63) is 112 Å². The number of alkyl halides is 3. The number of hydrogen-bond acceptors (Lipinski definition) is 4. The van der Waals surface area contributed by atoms with E-state index in [1.807, 2.05) is 63.2 Å². The van der Waals surface area contributed by atoms with Crippen molar-refractivity contribution >= 4 is 21.7 Å². The van der Waals surface area contributed by atoms with Gasteiger partial charge in [0.2, 0.25) is 11.2 Å². The van der Waals surface area contributed by atoms with Crippen LogP contribution in [0, 0.1) is 0 Å². The minimum absolute atomic E-state index is 0.0446. The van der Waals surface area contributed by atoms with Crippen LogP contribution in [0.4, 0.5) is 13.2 Å². The molecule has 4 aromatic carbocycles. The predicted molar refractivity (Wildman–Crippen MR) is 141 cm³/mol. The van der Waals surface area contributed by atoms with Gasteiger partial charge < -0.3 is 13.9 Å². The van der Waals surface area contributed by atoms with Gasteiger partial charge >= 0.3 is 6.18 Å². The molecule has 0 fully saturated rings. The SMILES string of the molecule is CC(C)(C)c1ccc(Oc2c(C(F)(F)F)oc3cc(OCc4cccc5ccccc45)ccc3c2=O)cc1. The largest absolute Gasteiger partial charge is 0.489 e. The van der Waals surface area contributed by atoms with Gasteiger partial charge in [0.05, 0.1) is 5.39 Å². The molecule has 194 valence electrons. The number of rotatable bonds is 5. The summed E-state index contributed by atoms with van der Waals surface area (Å²) in [5.41, 5.74) is 0.585. The van der Waals surface area contributed by atoms with E-state index in [1.54, 1.807) is 12.1 Å². The molecule has 38 heavy (non-hydrogen) atoms. The molecule has 0 saturated carbocycles. The molecular weight excluding hydrogens is 493 g/mol. The molecule has 5 rings (SSSR count). The van der Waals surface area contributed by atoms with Gasteiger partial charge in [-0.3, -0.25) is 4.79 Å². The highest BCUT2D eigenvalue weighted by atomic mass is 19.4. The third kappa shape index (κ3) is 5.09. The summed E-state index contributed by atoms with van der Waals surface area (Å²) in [5, 5.41) is 2.02. The van der Waals surface area contributed by atoms with E-state index in [2.05, 4.69) is 0 Å². The lowest BCUT2D eigenvalue weighted by atomic mass is 9.87. The van der Waals surface area contributed by atoms with Gasteiger partial charge in [0.25, 0.3) is 5.76 Å². The second-order valence-electron chi connectivity index (χ2n) is 10.0. The summed E-state index contributed by atoms with van der Waals surface area (Å²) in [7, 11) is 0. The van der Waals surface area contributed by atoms with Gasteiger partial charge in [-0.2, -0.15) is 13.2 Å². The van der Waals surface area contributed by atoms with Gasteiger partial charge in [0, 0.05) is 6.07 Å². The van der Waals surface area contributed by atoms with Crippen molar-refractivity contribution in [2.24, 2.45) is 0 Å². The first-order chi connectivity index (χ1) is 18.0. The highest BCUT2D eigenvalue weighted by molar-refractivity contribution is 5.85. The standard InChI is InChI=1S/C31H25F3O4/c1-30(2,3)21-11-13-22(14-12-21)37-28-27(35)25-16-15-23(17-26(25)38-29(28)31(32,33)34)36-18-20-9-6-8-19-7-4-5-10-24(19)20/h4-17H,18H2,1-3H3. The van der Waals surface area contributed by atoms with E-state index in [0.29, 0.717) is 0 Å². The highest BCUT2D eigenvalue weighted by Crippen LogP contribution is 2.39. The van der Waals surface area contributed by atoms with E-state index >= 15 is 0 Å². The molecule has 4 nitrogen and oxygen atoms in total. The van der Waals surface area contributed by atoms with E-state index in [4.69, 9.17) is 13.9 Å². The average Bonchev–Trinajstić information content (AvgIpc) is 2.88. The summed E-state index contributed by atoms with van der Waals surface area (Å²) in [4.78, 5) is 13.1. The van der Waals surface area contributed by atoms with Crippen molar-refractivity contribution in [1.82, 2.24) is 0 Å². The van der Waals surface area contributed by atoms with Gasteiger partial charge in [-0.05, 0) is 51.6 Å². The number of fused-ring (bicyclic) bond motifs is 2. The molecular formula is C31H25F3O4. The summed E-state index contributed by atoms with van der Waals surface area (Å²) in [6, 6.07) is 24.4. The molecule has 0 spiro atoms. The van der Waals surface area contributed by atoms with Crippen LogP contribution in [0.1, 0.15) is 37.7 Å². The Hall–Kier alpha value is -4.26. The van der Waals surface area contributed by atoms with Crippen LogP contribution in [-0.4, -0.2) is 0 Å². The smallest absolute Gasteiger partial charge is 0.453 e. The molecule has 0 unspecified atom stereocenters. The first-order valence-corrected chi connectivity index (χ1v) is 12.1. The number of benzene rings is 4. The topological polar surface area (TPSA) is 48.7 Å². The average molecular weight is 519 g/mol. The fourth-order valence-electron chi connectivity index (χ4n) is 4.25. The molecule has 7 heteroatoms. The van der Waals surface area contributed by atoms with Crippen LogP contribution >= 0.6 is 0 Å². The minimum atomic E-state index is -4.95. The van der Waals surface area contributed by atoms with Gasteiger partial charge in [-0.25, -0.2) is 0 Å². The fourth-order valence-corrected chi connectivity index (χ4v) is 4.25. The van der Waals surface area contributed by atoms with Crippen molar-refractivity contribution in [1.29, 1.82) is 0 Å². The maximum absolute atomic E-state index is 14.0. The molecule has 0 aliphatic rings. The second-order valence-corrected chi connectivity index (χ2v) is 10.0. The molecule has 0 radical (unpaired) electrons. The summed E-state index contributed by atoms with van der Waals surface area (Å²) in [6.45, 7) is 6.24. The van der Waals surface area contributed by atoms with Crippen LogP contribution in [-0.2, 0) is 18.2 Å². The molecule has 0 aliphatic heterocycles. The molecule has 1 heterocycles. The lowest BCUT2D eigenvalue weighted by Gasteiger charge is -2.19. The predicted octanol–water partition coefficient (Wildman–Crippen LogP) is 8.63. The first-order valence-electron chi connectivity index (χ1n) is 12.1. The lowest BCUT2D eigenvalue weighted by molar-refractivity contribution is -0.154.